The largest absolute Gasteiger partial charge is 0.397 e. The van der Waals surface area contributed by atoms with Crippen LogP contribution in [0.15, 0.2) is 41.3 Å². The van der Waals surface area contributed by atoms with E-state index in [1.165, 1.54) is 24.3 Å². The van der Waals surface area contributed by atoms with Crippen molar-refractivity contribution in [2.24, 2.45) is 0 Å². The van der Waals surface area contributed by atoms with Crippen LogP contribution < -0.4 is 15.7 Å². The third-order valence-electron chi connectivity index (χ3n) is 2.70. The summed E-state index contributed by atoms with van der Waals surface area (Å²) in [5.74, 6) is 0.174. The third-order valence-corrected chi connectivity index (χ3v) is 4.16. The van der Waals surface area contributed by atoms with E-state index in [-0.39, 0.29) is 16.3 Å². The van der Waals surface area contributed by atoms with E-state index >= 15 is 0 Å². The zero-order valence-electron chi connectivity index (χ0n) is 10.6. The van der Waals surface area contributed by atoms with E-state index in [1.807, 2.05) is 0 Å². The van der Waals surface area contributed by atoms with Crippen molar-refractivity contribution >= 4 is 33.1 Å². The highest BCUT2D eigenvalue weighted by Crippen LogP contribution is 2.27. The third kappa shape index (κ3) is 2.97. The number of rotatable bonds is 3. The molecule has 0 aromatic heterocycles. The van der Waals surface area contributed by atoms with E-state index in [9.17, 15) is 8.42 Å². The molecule has 7 heteroatoms. The van der Waals surface area contributed by atoms with Crippen LogP contribution in [-0.2, 0) is 10.1 Å². The molecule has 0 amide bonds. The second-order valence-electron chi connectivity index (χ2n) is 4.24. The van der Waals surface area contributed by atoms with Crippen molar-refractivity contribution in [3.05, 3.63) is 47.0 Å². The fourth-order valence-electron chi connectivity index (χ4n) is 1.54. The van der Waals surface area contributed by atoms with Gasteiger partial charge in [0.15, 0.2) is 0 Å². The number of anilines is 2. The van der Waals surface area contributed by atoms with Crippen molar-refractivity contribution < 1.29 is 12.6 Å². The molecule has 0 saturated carbocycles. The highest BCUT2D eigenvalue weighted by Gasteiger charge is 2.18. The van der Waals surface area contributed by atoms with Gasteiger partial charge in [0.1, 0.15) is 10.6 Å². The normalized spacial score (nSPS) is 11.3. The van der Waals surface area contributed by atoms with Crippen LogP contribution in [-0.4, -0.2) is 8.42 Å². The lowest BCUT2D eigenvalue weighted by atomic mass is 10.2. The summed E-state index contributed by atoms with van der Waals surface area (Å²) >= 11 is 5.83. The Morgan fingerprint density at radius 3 is 2.40 bits per heavy atom. The van der Waals surface area contributed by atoms with Crippen LogP contribution in [0.2, 0.25) is 5.02 Å². The molecule has 5 nitrogen and oxygen atoms in total. The molecule has 0 bridgehead atoms. The van der Waals surface area contributed by atoms with E-state index < -0.39 is 10.1 Å². The molecular formula is C13H13ClN2O3S. The van der Waals surface area contributed by atoms with Gasteiger partial charge in [0.2, 0.25) is 0 Å². The van der Waals surface area contributed by atoms with Gasteiger partial charge in [-0.05, 0) is 36.8 Å². The maximum absolute atomic E-state index is 12.2. The minimum absolute atomic E-state index is 0.0661. The molecule has 0 aliphatic carbocycles. The molecule has 0 heterocycles. The summed E-state index contributed by atoms with van der Waals surface area (Å²) in [6, 6.07) is 8.76. The van der Waals surface area contributed by atoms with Crippen LogP contribution in [0.3, 0.4) is 0 Å². The molecule has 20 heavy (non-hydrogen) atoms. The highest BCUT2D eigenvalue weighted by atomic mass is 35.5. The minimum atomic E-state index is -3.99. The molecule has 0 unspecified atom stereocenters. The first kappa shape index (κ1) is 14.5. The van der Waals surface area contributed by atoms with E-state index in [4.69, 9.17) is 27.3 Å². The first-order chi connectivity index (χ1) is 9.29. The molecule has 0 radical (unpaired) electrons. The van der Waals surface area contributed by atoms with Gasteiger partial charge < -0.3 is 15.7 Å². The van der Waals surface area contributed by atoms with Crippen molar-refractivity contribution in [1.29, 1.82) is 0 Å². The van der Waals surface area contributed by atoms with Crippen molar-refractivity contribution in [3.63, 3.8) is 0 Å². The topological polar surface area (TPSA) is 95.4 Å². The monoisotopic (exact) mass is 312 g/mol. The molecule has 106 valence electrons. The maximum atomic E-state index is 12.2. The van der Waals surface area contributed by atoms with Crippen LogP contribution in [0.1, 0.15) is 5.56 Å². The molecule has 0 aliphatic rings. The van der Waals surface area contributed by atoms with Crippen molar-refractivity contribution in [2.45, 2.75) is 11.8 Å². The van der Waals surface area contributed by atoms with Crippen LogP contribution in [0, 0.1) is 6.92 Å². The predicted molar refractivity (Wildman–Crippen MR) is 79.3 cm³/mol. The molecule has 2 aromatic rings. The van der Waals surface area contributed by atoms with Gasteiger partial charge in [-0.15, -0.1) is 0 Å². The fourth-order valence-corrected chi connectivity index (χ4v) is 2.72. The quantitative estimate of drug-likeness (QED) is 0.671. The number of aryl methyl sites for hydroxylation is 1. The van der Waals surface area contributed by atoms with Crippen molar-refractivity contribution in [2.75, 3.05) is 11.5 Å². The molecule has 0 aliphatic heterocycles. The Balaban J connectivity index is 2.40. The van der Waals surface area contributed by atoms with E-state index in [0.717, 1.165) is 0 Å². The molecule has 0 spiro atoms. The van der Waals surface area contributed by atoms with E-state index in [0.29, 0.717) is 16.3 Å². The van der Waals surface area contributed by atoms with Gasteiger partial charge in [0.05, 0.1) is 11.4 Å². The van der Waals surface area contributed by atoms with E-state index in [1.54, 1.807) is 19.1 Å². The van der Waals surface area contributed by atoms with Gasteiger partial charge in [-0.3, -0.25) is 0 Å². The van der Waals surface area contributed by atoms with Crippen molar-refractivity contribution in [3.8, 4) is 5.75 Å². The Hall–Kier alpha value is -1.92. The predicted octanol–water partition coefficient (Wildman–Crippen LogP) is 2.58. The molecule has 2 rings (SSSR count). The van der Waals surface area contributed by atoms with Crippen molar-refractivity contribution in [1.82, 2.24) is 0 Å². The lowest BCUT2D eigenvalue weighted by molar-refractivity contribution is 0.484. The standard InChI is InChI=1S/C13H13ClN2O3S/c1-8-2-3-9(14)6-13(8)19-20(17,18)10-4-5-11(15)12(16)7-10/h2-7H,15-16H2,1H3. The molecular weight excluding hydrogens is 300 g/mol. The van der Waals surface area contributed by atoms with Gasteiger partial charge in [-0.1, -0.05) is 17.7 Å². The minimum Gasteiger partial charge on any atom is -0.397 e. The lowest BCUT2D eigenvalue weighted by Crippen LogP contribution is -2.11. The van der Waals surface area contributed by atoms with Gasteiger partial charge in [-0.25, -0.2) is 0 Å². The molecule has 0 atom stereocenters. The number of nitrogen functional groups attached to an aromatic ring is 2. The molecule has 0 fully saturated rings. The fraction of sp³-hybridized carbons (Fsp3) is 0.0769. The summed E-state index contributed by atoms with van der Waals surface area (Å²) in [7, 11) is -3.99. The van der Waals surface area contributed by atoms with Crippen LogP contribution in [0.5, 0.6) is 5.75 Å². The Bertz CT molecular complexity index is 760. The summed E-state index contributed by atoms with van der Waals surface area (Å²) in [6.45, 7) is 1.72. The molecule has 4 N–H and O–H groups in total. The SMILES string of the molecule is Cc1ccc(Cl)cc1OS(=O)(=O)c1ccc(N)c(N)c1. The second-order valence-corrected chi connectivity index (χ2v) is 6.22. The van der Waals surface area contributed by atoms with Crippen LogP contribution in [0.25, 0.3) is 0 Å². The summed E-state index contributed by atoms with van der Waals surface area (Å²) in [5, 5.41) is 0.387. The molecule has 2 aromatic carbocycles. The summed E-state index contributed by atoms with van der Waals surface area (Å²) in [5.41, 5.74) is 12.3. The van der Waals surface area contributed by atoms with E-state index in [2.05, 4.69) is 0 Å². The zero-order valence-corrected chi connectivity index (χ0v) is 12.2. The number of hydrogen-bond acceptors (Lipinski definition) is 5. The Labute approximate surface area is 122 Å². The average molecular weight is 313 g/mol. The van der Waals surface area contributed by atoms with Gasteiger partial charge in [-0.2, -0.15) is 8.42 Å². The Kier molecular flexibility index (Phi) is 3.78. The van der Waals surface area contributed by atoms with Crippen LogP contribution in [0.4, 0.5) is 11.4 Å². The number of hydrogen-bond donors (Lipinski definition) is 2. The summed E-state index contributed by atoms with van der Waals surface area (Å²) in [4.78, 5) is -0.0661. The van der Waals surface area contributed by atoms with Crippen LogP contribution >= 0.6 is 11.6 Å². The Morgan fingerprint density at radius 1 is 1.05 bits per heavy atom. The maximum Gasteiger partial charge on any atom is 0.339 e. The van der Waals surface area contributed by atoms with Gasteiger partial charge in [0, 0.05) is 11.1 Å². The number of benzene rings is 2. The summed E-state index contributed by atoms with van der Waals surface area (Å²) in [6.07, 6.45) is 0. The molecule has 0 saturated heterocycles. The highest BCUT2D eigenvalue weighted by molar-refractivity contribution is 7.87. The number of nitrogens with two attached hydrogens (primary N) is 2. The summed E-state index contributed by atoms with van der Waals surface area (Å²) < 4.78 is 29.4. The van der Waals surface area contributed by atoms with Gasteiger partial charge in [0.25, 0.3) is 0 Å². The van der Waals surface area contributed by atoms with Gasteiger partial charge >= 0.3 is 10.1 Å². The lowest BCUT2D eigenvalue weighted by Gasteiger charge is -2.10. The number of halogens is 1. The zero-order chi connectivity index (χ0) is 14.9. The second kappa shape index (κ2) is 5.22. The smallest absolute Gasteiger partial charge is 0.339 e. The first-order valence-electron chi connectivity index (χ1n) is 5.65. The first-order valence-corrected chi connectivity index (χ1v) is 7.44. The Morgan fingerprint density at radius 2 is 1.75 bits per heavy atom. The average Bonchev–Trinajstić information content (AvgIpc) is 2.36.